The van der Waals surface area contributed by atoms with Crippen molar-refractivity contribution in [1.29, 1.82) is 0 Å². The third-order valence-corrected chi connectivity index (χ3v) is 4.55. The molecule has 0 aromatic heterocycles. The van der Waals surface area contributed by atoms with Crippen LogP contribution in [-0.4, -0.2) is 4.21 Å². The van der Waals surface area contributed by atoms with Crippen molar-refractivity contribution in [2.24, 2.45) is 0 Å². The van der Waals surface area contributed by atoms with E-state index in [2.05, 4.69) is 22.6 Å². The molecule has 0 aliphatic carbocycles. The molecule has 2 nitrogen and oxygen atoms in total. The van der Waals surface area contributed by atoms with E-state index in [1.807, 2.05) is 42.5 Å². The third kappa shape index (κ3) is 3.29. The van der Waals surface area contributed by atoms with Crippen molar-refractivity contribution in [1.82, 2.24) is 0 Å². The summed E-state index contributed by atoms with van der Waals surface area (Å²) in [4.78, 5) is 0.714. The first kappa shape index (κ1) is 12.6. The lowest BCUT2D eigenvalue weighted by Crippen LogP contribution is -2.00. The number of hydrogen-bond acceptors (Lipinski definition) is 2. The van der Waals surface area contributed by atoms with Gasteiger partial charge >= 0.3 is 0 Å². The maximum atomic E-state index is 12.1. The van der Waals surface area contributed by atoms with E-state index in [0.29, 0.717) is 16.3 Å². The average Bonchev–Trinajstić information content (AvgIpc) is 2.32. The number of hydrogen-bond donors (Lipinski definition) is 1. The van der Waals surface area contributed by atoms with Gasteiger partial charge in [-0.15, -0.1) is 0 Å². The molecule has 0 heterocycles. The van der Waals surface area contributed by atoms with E-state index in [1.54, 1.807) is 6.07 Å². The highest BCUT2D eigenvalue weighted by Crippen LogP contribution is 2.19. The molecule has 2 aromatic rings. The molecular formula is C13H12INOS. The van der Waals surface area contributed by atoms with Crippen LogP contribution in [0.15, 0.2) is 53.4 Å². The molecule has 17 heavy (non-hydrogen) atoms. The Kier molecular flexibility index (Phi) is 4.17. The minimum absolute atomic E-state index is 0.505. The fraction of sp³-hybridized carbons (Fsp3) is 0.0769. The molecule has 1 atom stereocenters. The molecular weight excluding hydrogens is 345 g/mol. The molecule has 0 radical (unpaired) electrons. The van der Waals surface area contributed by atoms with Crippen molar-refractivity contribution in [3.8, 4) is 0 Å². The summed E-state index contributed by atoms with van der Waals surface area (Å²) in [5.41, 5.74) is 7.46. The van der Waals surface area contributed by atoms with Crippen molar-refractivity contribution < 1.29 is 4.21 Å². The number of nitrogens with two attached hydrogens (primary N) is 1. The predicted molar refractivity (Wildman–Crippen MR) is 80.1 cm³/mol. The molecule has 2 N–H and O–H groups in total. The van der Waals surface area contributed by atoms with Gasteiger partial charge in [0.1, 0.15) is 0 Å². The normalized spacial score (nSPS) is 12.3. The van der Waals surface area contributed by atoms with Gasteiger partial charge in [-0.2, -0.15) is 0 Å². The third-order valence-electron chi connectivity index (χ3n) is 2.38. The summed E-state index contributed by atoms with van der Waals surface area (Å²) in [5, 5.41) is 0. The Labute approximate surface area is 117 Å². The van der Waals surface area contributed by atoms with E-state index >= 15 is 0 Å². The van der Waals surface area contributed by atoms with Gasteiger partial charge in [0, 0.05) is 9.26 Å². The molecule has 0 saturated carbocycles. The smallest absolute Gasteiger partial charge is 0.0620 e. The van der Waals surface area contributed by atoms with Crippen LogP contribution in [0.3, 0.4) is 0 Å². The molecule has 0 saturated heterocycles. The Bertz CT molecular complexity index is 539. The minimum atomic E-state index is -1.08. The first-order valence-electron chi connectivity index (χ1n) is 5.14. The van der Waals surface area contributed by atoms with E-state index < -0.39 is 10.8 Å². The van der Waals surface area contributed by atoms with Gasteiger partial charge < -0.3 is 5.73 Å². The van der Waals surface area contributed by atoms with Gasteiger partial charge in [0.15, 0.2) is 0 Å². The fourth-order valence-electron chi connectivity index (χ4n) is 1.50. The van der Waals surface area contributed by atoms with Gasteiger partial charge in [0.25, 0.3) is 0 Å². The second-order valence-electron chi connectivity index (χ2n) is 3.65. The van der Waals surface area contributed by atoms with Crippen molar-refractivity contribution in [3.63, 3.8) is 0 Å². The molecule has 0 spiro atoms. The molecule has 0 amide bonds. The zero-order valence-corrected chi connectivity index (χ0v) is 12.1. The summed E-state index contributed by atoms with van der Waals surface area (Å²) in [6, 6.07) is 15.3. The van der Waals surface area contributed by atoms with Crippen LogP contribution in [0.5, 0.6) is 0 Å². The van der Waals surface area contributed by atoms with E-state index in [1.165, 1.54) is 3.57 Å². The van der Waals surface area contributed by atoms with Crippen LogP contribution in [-0.2, 0) is 16.6 Å². The van der Waals surface area contributed by atoms with Crippen LogP contribution in [0.2, 0.25) is 0 Å². The Hall–Kier alpha value is -0.880. The Morgan fingerprint density at radius 1 is 1.06 bits per heavy atom. The fourth-order valence-corrected chi connectivity index (χ4v) is 3.07. The van der Waals surface area contributed by atoms with E-state index in [0.717, 1.165) is 5.56 Å². The summed E-state index contributed by atoms with van der Waals surface area (Å²) in [6.45, 7) is 0. The Balaban J connectivity index is 2.17. The molecule has 2 aromatic carbocycles. The van der Waals surface area contributed by atoms with Crippen molar-refractivity contribution in [3.05, 3.63) is 57.7 Å². The highest BCUT2D eigenvalue weighted by Gasteiger charge is 2.07. The van der Waals surface area contributed by atoms with Crippen molar-refractivity contribution in [2.75, 3.05) is 5.73 Å². The molecule has 0 fully saturated rings. The topological polar surface area (TPSA) is 43.1 Å². The number of benzene rings is 2. The van der Waals surface area contributed by atoms with Gasteiger partial charge in [-0.1, -0.05) is 24.3 Å². The van der Waals surface area contributed by atoms with Crippen LogP contribution in [0.25, 0.3) is 0 Å². The van der Waals surface area contributed by atoms with Gasteiger partial charge in [-0.25, -0.2) is 0 Å². The summed E-state index contributed by atoms with van der Waals surface area (Å²) in [5.74, 6) is 0.505. The predicted octanol–water partition coefficient (Wildman–Crippen LogP) is 3.18. The summed E-state index contributed by atoms with van der Waals surface area (Å²) < 4.78 is 13.3. The second kappa shape index (κ2) is 5.64. The maximum absolute atomic E-state index is 12.1. The highest BCUT2D eigenvalue weighted by atomic mass is 127. The zero-order chi connectivity index (χ0) is 12.3. The van der Waals surface area contributed by atoms with E-state index in [-0.39, 0.29) is 0 Å². The molecule has 88 valence electrons. The first-order valence-corrected chi connectivity index (χ1v) is 7.54. The van der Waals surface area contributed by atoms with E-state index in [9.17, 15) is 4.21 Å². The zero-order valence-electron chi connectivity index (χ0n) is 9.10. The lowest BCUT2D eigenvalue weighted by molar-refractivity contribution is 0.683. The minimum Gasteiger partial charge on any atom is -0.398 e. The molecule has 0 aliphatic rings. The van der Waals surface area contributed by atoms with Crippen LogP contribution in [0, 0.1) is 3.57 Å². The lowest BCUT2D eigenvalue weighted by Gasteiger charge is -2.05. The Morgan fingerprint density at radius 2 is 1.71 bits per heavy atom. The highest BCUT2D eigenvalue weighted by molar-refractivity contribution is 14.1. The SMILES string of the molecule is Nc1ccccc1S(=O)Cc1ccc(I)cc1. The Morgan fingerprint density at radius 3 is 2.35 bits per heavy atom. The summed E-state index contributed by atoms with van der Waals surface area (Å²) in [7, 11) is -1.08. The maximum Gasteiger partial charge on any atom is 0.0620 e. The largest absolute Gasteiger partial charge is 0.398 e. The first-order chi connectivity index (χ1) is 8.16. The van der Waals surface area contributed by atoms with Gasteiger partial charge in [-0.3, -0.25) is 4.21 Å². The van der Waals surface area contributed by atoms with Crippen molar-refractivity contribution in [2.45, 2.75) is 10.6 Å². The summed E-state index contributed by atoms with van der Waals surface area (Å²) in [6.07, 6.45) is 0. The summed E-state index contributed by atoms with van der Waals surface area (Å²) >= 11 is 2.25. The van der Waals surface area contributed by atoms with Crippen LogP contribution in [0.4, 0.5) is 5.69 Å². The molecule has 2 rings (SSSR count). The van der Waals surface area contributed by atoms with E-state index in [4.69, 9.17) is 5.73 Å². The number of anilines is 1. The number of halogens is 1. The molecule has 1 unspecified atom stereocenters. The molecule has 4 heteroatoms. The monoisotopic (exact) mass is 357 g/mol. The van der Waals surface area contributed by atoms with Crippen molar-refractivity contribution >= 4 is 39.1 Å². The van der Waals surface area contributed by atoms with Gasteiger partial charge in [-0.05, 0) is 52.4 Å². The second-order valence-corrected chi connectivity index (χ2v) is 6.32. The molecule has 0 bridgehead atoms. The number of nitrogen functional groups attached to an aromatic ring is 1. The number of para-hydroxylation sites is 1. The standard InChI is InChI=1S/C13H12INOS/c14-11-7-5-10(6-8-11)9-17(16)13-4-2-1-3-12(13)15/h1-8H,9,15H2. The number of rotatable bonds is 3. The van der Waals surface area contributed by atoms with Gasteiger partial charge in [0.05, 0.1) is 21.4 Å². The average molecular weight is 357 g/mol. The van der Waals surface area contributed by atoms with Crippen LogP contribution < -0.4 is 5.73 Å². The lowest BCUT2D eigenvalue weighted by atomic mass is 10.2. The van der Waals surface area contributed by atoms with Crippen LogP contribution in [0.1, 0.15) is 5.56 Å². The van der Waals surface area contributed by atoms with Gasteiger partial charge in [0.2, 0.25) is 0 Å². The van der Waals surface area contributed by atoms with Crippen LogP contribution >= 0.6 is 22.6 Å². The molecule has 0 aliphatic heterocycles. The quantitative estimate of drug-likeness (QED) is 0.677.